The van der Waals surface area contributed by atoms with Crippen LogP contribution in [0.15, 0.2) is 78.9 Å². The smallest absolute Gasteiger partial charge is 0.337 e. The molecule has 0 aromatic heterocycles. The number of aryl methyl sites for hydroxylation is 1. The van der Waals surface area contributed by atoms with Gasteiger partial charge < -0.3 is 14.8 Å². The van der Waals surface area contributed by atoms with E-state index in [-0.39, 0.29) is 11.0 Å². The SMILES string of the molecule is COC(=O)c1ccc(C(=O)NC(=S)Nc2ccc(OCCCc3ccccc3)cc2)cc1. The van der Waals surface area contributed by atoms with Crippen LogP contribution in [0.4, 0.5) is 5.69 Å². The van der Waals surface area contributed by atoms with Crippen LogP contribution in [0.25, 0.3) is 0 Å². The first-order valence-corrected chi connectivity index (χ1v) is 10.5. The minimum Gasteiger partial charge on any atom is -0.494 e. The Balaban J connectivity index is 1.42. The predicted molar refractivity (Wildman–Crippen MR) is 128 cm³/mol. The van der Waals surface area contributed by atoms with Gasteiger partial charge in [-0.05, 0) is 79.2 Å². The van der Waals surface area contributed by atoms with Gasteiger partial charge in [0.25, 0.3) is 5.91 Å². The minimum absolute atomic E-state index is 0.170. The van der Waals surface area contributed by atoms with Crippen LogP contribution >= 0.6 is 12.2 Å². The van der Waals surface area contributed by atoms with Crippen LogP contribution in [0.2, 0.25) is 0 Å². The highest BCUT2D eigenvalue weighted by molar-refractivity contribution is 7.80. The number of esters is 1. The summed E-state index contributed by atoms with van der Waals surface area (Å²) in [5, 5.41) is 5.75. The van der Waals surface area contributed by atoms with Gasteiger partial charge in [-0.15, -0.1) is 0 Å². The van der Waals surface area contributed by atoms with Crippen LogP contribution in [-0.2, 0) is 11.2 Å². The number of carbonyl (C=O) groups excluding carboxylic acids is 2. The van der Waals surface area contributed by atoms with Gasteiger partial charge >= 0.3 is 5.97 Å². The second-order valence-electron chi connectivity index (χ2n) is 6.94. The number of hydrogen-bond donors (Lipinski definition) is 2. The standard InChI is InChI=1S/C25H24N2O4S/c1-30-24(29)20-11-9-19(10-12-20)23(28)27-25(32)26-21-13-15-22(16-14-21)31-17-5-8-18-6-3-2-4-7-18/h2-4,6-7,9-16H,5,8,17H2,1H3,(H2,26,27,28,32). The molecule has 164 valence electrons. The monoisotopic (exact) mass is 448 g/mol. The summed E-state index contributed by atoms with van der Waals surface area (Å²) in [4.78, 5) is 23.8. The van der Waals surface area contributed by atoms with E-state index in [9.17, 15) is 9.59 Å². The van der Waals surface area contributed by atoms with E-state index in [1.54, 1.807) is 0 Å². The molecule has 0 heterocycles. The molecule has 0 aliphatic heterocycles. The van der Waals surface area contributed by atoms with Gasteiger partial charge in [-0.2, -0.15) is 0 Å². The molecule has 6 nitrogen and oxygen atoms in total. The molecule has 0 aliphatic carbocycles. The highest BCUT2D eigenvalue weighted by Crippen LogP contribution is 2.16. The fourth-order valence-corrected chi connectivity index (χ4v) is 3.17. The van der Waals surface area contributed by atoms with Crippen molar-refractivity contribution in [3.63, 3.8) is 0 Å². The normalized spacial score (nSPS) is 10.2. The van der Waals surface area contributed by atoms with E-state index in [1.807, 2.05) is 42.5 Å². The van der Waals surface area contributed by atoms with E-state index in [0.717, 1.165) is 24.3 Å². The van der Waals surface area contributed by atoms with Crippen molar-refractivity contribution in [2.24, 2.45) is 0 Å². The molecule has 1 amide bonds. The van der Waals surface area contributed by atoms with Crippen molar-refractivity contribution in [2.75, 3.05) is 19.0 Å². The van der Waals surface area contributed by atoms with Crippen LogP contribution in [-0.4, -0.2) is 30.7 Å². The fourth-order valence-electron chi connectivity index (χ4n) is 2.96. The maximum atomic E-state index is 12.3. The molecule has 0 spiro atoms. The van der Waals surface area contributed by atoms with E-state index in [2.05, 4.69) is 27.5 Å². The number of carbonyl (C=O) groups is 2. The zero-order valence-corrected chi connectivity index (χ0v) is 18.5. The number of methoxy groups -OCH3 is 1. The van der Waals surface area contributed by atoms with Crippen molar-refractivity contribution < 1.29 is 19.1 Å². The summed E-state index contributed by atoms with van der Waals surface area (Å²) >= 11 is 5.21. The summed E-state index contributed by atoms with van der Waals surface area (Å²) < 4.78 is 10.4. The Bertz CT molecular complexity index is 1050. The topological polar surface area (TPSA) is 76.7 Å². The molecular weight excluding hydrogens is 424 g/mol. The summed E-state index contributed by atoms with van der Waals surface area (Å²) in [5.41, 5.74) is 2.77. The fraction of sp³-hybridized carbons (Fsp3) is 0.160. The Morgan fingerprint density at radius 2 is 1.53 bits per heavy atom. The van der Waals surface area contributed by atoms with Crippen molar-refractivity contribution in [3.05, 3.63) is 95.6 Å². The predicted octanol–water partition coefficient (Wildman–Crippen LogP) is 4.61. The van der Waals surface area contributed by atoms with Gasteiger partial charge in [-0.1, -0.05) is 30.3 Å². The van der Waals surface area contributed by atoms with Crippen molar-refractivity contribution in [2.45, 2.75) is 12.8 Å². The Kier molecular flexibility index (Phi) is 8.34. The van der Waals surface area contributed by atoms with Crippen molar-refractivity contribution in [1.82, 2.24) is 5.32 Å². The molecule has 3 aromatic rings. The summed E-state index contributed by atoms with van der Waals surface area (Å²) in [6.07, 6.45) is 1.90. The summed E-state index contributed by atoms with van der Waals surface area (Å²) in [5.74, 6) is -0.0701. The van der Waals surface area contributed by atoms with Gasteiger partial charge in [0.05, 0.1) is 19.3 Å². The van der Waals surface area contributed by atoms with Crippen LogP contribution < -0.4 is 15.4 Å². The maximum absolute atomic E-state index is 12.3. The maximum Gasteiger partial charge on any atom is 0.337 e. The largest absolute Gasteiger partial charge is 0.494 e. The molecule has 7 heteroatoms. The summed E-state index contributed by atoms with van der Waals surface area (Å²) in [6.45, 7) is 0.630. The first-order valence-electron chi connectivity index (χ1n) is 10.1. The molecule has 0 saturated carbocycles. The zero-order chi connectivity index (χ0) is 22.8. The Labute approximate surface area is 192 Å². The number of anilines is 1. The van der Waals surface area contributed by atoms with E-state index >= 15 is 0 Å². The third kappa shape index (κ3) is 6.92. The minimum atomic E-state index is -0.460. The number of ether oxygens (including phenoxy) is 2. The van der Waals surface area contributed by atoms with Gasteiger partial charge in [0.2, 0.25) is 0 Å². The molecule has 0 aliphatic rings. The van der Waals surface area contributed by atoms with E-state index in [4.69, 9.17) is 17.0 Å². The molecular formula is C25H24N2O4S. The lowest BCUT2D eigenvalue weighted by Crippen LogP contribution is -2.34. The lowest BCUT2D eigenvalue weighted by Gasteiger charge is -2.11. The molecule has 32 heavy (non-hydrogen) atoms. The van der Waals surface area contributed by atoms with Crippen molar-refractivity contribution >= 4 is 34.9 Å². The highest BCUT2D eigenvalue weighted by atomic mass is 32.1. The third-order valence-electron chi connectivity index (χ3n) is 4.63. The molecule has 2 N–H and O–H groups in total. The summed E-state index contributed by atoms with van der Waals surface area (Å²) in [7, 11) is 1.30. The van der Waals surface area contributed by atoms with Gasteiger partial charge in [-0.3, -0.25) is 10.1 Å². The van der Waals surface area contributed by atoms with Crippen molar-refractivity contribution in [1.29, 1.82) is 0 Å². The lowest BCUT2D eigenvalue weighted by atomic mass is 10.1. The number of amides is 1. The van der Waals surface area contributed by atoms with Gasteiger partial charge in [0.1, 0.15) is 5.75 Å². The number of nitrogens with one attached hydrogen (secondary N) is 2. The number of hydrogen-bond acceptors (Lipinski definition) is 5. The second kappa shape index (κ2) is 11.6. The molecule has 0 saturated heterocycles. The molecule has 3 aromatic carbocycles. The Morgan fingerprint density at radius 3 is 2.19 bits per heavy atom. The zero-order valence-electron chi connectivity index (χ0n) is 17.7. The van der Waals surface area contributed by atoms with E-state index < -0.39 is 5.97 Å². The van der Waals surface area contributed by atoms with Crippen LogP contribution in [0, 0.1) is 0 Å². The molecule has 0 fully saturated rings. The summed E-state index contributed by atoms with van der Waals surface area (Å²) in [6, 6.07) is 23.8. The molecule has 0 bridgehead atoms. The third-order valence-corrected chi connectivity index (χ3v) is 4.83. The molecule has 0 atom stereocenters. The molecule has 0 unspecified atom stereocenters. The first kappa shape index (κ1) is 23.0. The van der Waals surface area contributed by atoms with Gasteiger partial charge in [0.15, 0.2) is 5.11 Å². The van der Waals surface area contributed by atoms with E-state index in [0.29, 0.717) is 17.7 Å². The molecule has 3 rings (SSSR count). The van der Waals surface area contributed by atoms with Crippen LogP contribution in [0.1, 0.15) is 32.7 Å². The number of thiocarbonyl (C=S) groups is 1. The van der Waals surface area contributed by atoms with E-state index in [1.165, 1.54) is 36.9 Å². The van der Waals surface area contributed by atoms with Crippen LogP contribution in [0.3, 0.4) is 0 Å². The number of benzene rings is 3. The Morgan fingerprint density at radius 1 is 0.875 bits per heavy atom. The second-order valence-corrected chi connectivity index (χ2v) is 7.35. The van der Waals surface area contributed by atoms with Gasteiger partial charge in [-0.25, -0.2) is 4.79 Å². The van der Waals surface area contributed by atoms with Gasteiger partial charge in [0, 0.05) is 11.3 Å². The molecule has 0 radical (unpaired) electrons. The average molecular weight is 449 g/mol. The quantitative estimate of drug-likeness (QED) is 0.298. The number of rotatable bonds is 8. The average Bonchev–Trinajstić information content (AvgIpc) is 2.83. The first-order chi connectivity index (χ1) is 15.5. The highest BCUT2D eigenvalue weighted by Gasteiger charge is 2.10. The van der Waals surface area contributed by atoms with Crippen LogP contribution in [0.5, 0.6) is 5.75 Å². The lowest BCUT2D eigenvalue weighted by molar-refractivity contribution is 0.0600. The Hall–Kier alpha value is -3.71. The van der Waals surface area contributed by atoms with Crippen molar-refractivity contribution in [3.8, 4) is 5.75 Å².